The topological polar surface area (TPSA) is 61.4 Å². The lowest BCUT2D eigenvalue weighted by Gasteiger charge is -2.33. The molecule has 2 amide bonds. The van der Waals surface area contributed by atoms with Gasteiger partial charge in [-0.1, -0.05) is 13.0 Å². The zero-order valence-electron chi connectivity index (χ0n) is 14.3. The highest BCUT2D eigenvalue weighted by Crippen LogP contribution is 2.18. The van der Waals surface area contributed by atoms with Crippen LogP contribution in [0.1, 0.15) is 46.0 Å². The van der Waals surface area contributed by atoms with Crippen LogP contribution in [0.4, 0.5) is 0 Å². The Bertz CT molecular complexity index is 434. The van der Waals surface area contributed by atoms with Gasteiger partial charge in [-0.25, -0.2) is 0 Å². The van der Waals surface area contributed by atoms with Crippen LogP contribution < -0.4 is 10.6 Å². The molecule has 0 aromatic rings. The Kier molecular flexibility index (Phi) is 8.63. The van der Waals surface area contributed by atoms with E-state index in [-0.39, 0.29) is 30.3 Å². The van der Waals surface area contributed by atoms with Gasteiger partial charge < -0.3 is 15.5 Å². The predicted molar refractivity (Wildman–Crippen MR) is 94.6 cm³/mol. The SMILES string of the molecule is CCC=C(C)C(=O)N1CCCC(CNC(=O)C2CCCN2)C1.Cl. The molecule has 6 heteroatoms. The zero-order chi connectivity index (χ0) is 15.9. The lowest BCUT2D eigenvalue weighted by atomic mass is 9.97. The summed E-state index contributed by atoms with van der Waals surface area (Å²) in [4.78, 5) is 26.3. The predicted octanol–water partition coefficient (Wildman–Crippen LogP) is 1.87. The second-order valence-electron chi connectivity index (χ2n) is 6.45. The van der Waals surface area contributed by atoms with Gasteiger partial charge in [0.2, 0.25) is 11.8 Å². The summed E-state index contributed by atoms with van der Waals surface area (Å²) in [5, 5.41) is 6.27. The molecule has 2 atom stereocenters. The molecule has 2 unspecified atom stereocenters. The van der Waals surface area contributed by atoms with Gasteiger partial charge in [0.05, 0.1) is 6.04 Å². The summed E-state index contributed by atoms with van der Waals surface area (Å²) >= 11 is 0. The maximum absolute atomic E-state index is 12.3. The normalized spacial score (nSPS) is 25.0. The summed E-state index contributed by atoms with van der Waals surface area (Å²) in [5.74, 6) is 0.635. The van der Waals surface area contributed by atoms with E-state index >= 15 is 0 Å². The number of nitrogens with zero attached hydrogens (tertiary/aromatic N) is 1. The molecule has 0 aromatic carbocycles. The largest absolute Gasteiger partial charge is 0.354 e. The molecular weight excluding hydrogens is 314 g/mol. The minimum Gasteiger partial charge on any atom is -0.354 e. The number of likely N-dealkylation sites (tertiary alicyclic amines) is 1. The van der Waals surface area contributed by atoms with Crippen LogP contribution in [0.3, 0.4) is 0 Å². The first kappa shape index (κ1) is 20.0. The van der Waals surface area contributed by atoms with Crippen LogP contribution in [0.2, 0.25) is 0 Å². The lowest BCUT2D eigenvalue weighted by molar-refractivity contribution is -0.128. The average molecular weight is 344 g/mol. The Morgan fingerprint density at radius 2 is 2.09 bits per heavy atom. The standard InChI is InChI=1S/C17H29N3O2.ClH/c1-3-6-13(2)17(22)20-10-5-7-14(12-20)11-19-16(21)15-8-4-9-18-15;/h6,14-15,18H,3-5,7-12H2,1-2H3,(H,19,21);1H. The number of amides is 2. The van der Waals surface area contributed by atoms with Crippen molar-refractivity contribution in [3.05, 3.63) is 11.6 Å². The monoisotopic (exact) mass is 343 g/mol. The Labute approximate surface area is 145 Å². The molecule has 0 bridgehead atoms. The molecule has 132 valence electrons. The van der Waals surface area contributed by atoms with Gasteiger partial charge in [-0.3, -0.25) is 9.59 Å². The van der Waals surface area contributed by atoms with Crippen LogP contribution in [0.5, 0.6) is 0 Å². The number of hydrogen-bond donors (Lipinski definition) is 2. The Morgan fingerprint density at radius 1 is 1.30 bits per heavy atom. The second-order valence-corrected chi connectivity index (χ2v) is 6.45. The maximum Gasteiger partial charge on any atom is 0.249 e. The first-order valence-electron chi connectivity index (χ1n) is 8.59. The van der Waals surface area contributed by atoms with E-state index in [0.29, 0.717) is 12.5 Å². The highest BCUT2D eigenvalue weighted by molar-refractivity contribution is 5.92. The van der Waals surface area contributed by atoms with E-state index in [1.807, 2.05) is 24.8 Å². The van der Waals surface area contributed by atoms with Gasteiger partial charge in [0.1, 0.15) is 0 Å². The van der Waals surface area contributed by atoms with Crippen LogP contribution in [-0.4, -0.2) is 48.9 Å². The number of piperidine rings is 1. The first-order chi connectivity index (χ1) is 10.6. The van der Waals surface area contributed by atoms with E-state index in [1.54, 1.807) is 0 Å². The summed E-state index contributed by atoms with van der Waals surface area (Å²) in [7, 11) is 0. The lowest BCUT2D eigenvalue weighted by Crippen LogP contribution is -2.46. The number of hydrogen-bond acceptors (Lipinski definition) is 3. The van der Waals surface area contributed by atoms with Crippen molar-refractivity contribution in [2.45, 2.75) is 52.0 Å². The first-order valence-corrected chi connectivity index (χ1v) is 8.59. The molecule has 23 heavy (non-hydrogen) atoms. The van der Waals surface area contributed by atoms with E-state index < -0.39 is 0 Å². The quantitative estimate of drug-likeness (QED) is 0.749. The molecule has 0 aliphatic carbocycles. The molecule has 0 spiro atoms. The van der Waals surface area contributed by atoms with Gasteiger partial charge in [-0.2, -0.15) is 0 Å². The van der Waals surface area contributed by atoms with Gasteiger partial charge in [0, 0.05) is 25.2 Å². The summed E-state index contributed by atoms with van der Waals surface area (Å²) in [6.07, 6.45) is 6.99. The molecule has 0 saturated carbocycles. The van der Waals surface area contributed by atoms with Crippen molar-refractivity contribution >= 4 is 24.2 Å². The fourth-order valence-electron chi connectivity index (χ4n) is 3.34. The smallest absolute Gasteiger partial charge is 0.249 e. The van der Waals surface area contributed by atoms with Gasteiger partial charge in [-0.15, -0.1) is 12.4 Å². The van der Waals surface area contributed by atoms with Crippen molar-refractivity contribution in [3.63, 3.8) is 0 Å². The summed E-state index contributed by atoms with van der Waals surface area (Å²) in [6, 6.07) is -0.0175. The van der Waals surface area contributed by atoms with E-state index in [1.165, 1.54) is 0 Å². The fraction of sp³-hybridized carbons (Fsp3) is 0.765. The van der Waals surface area contributed by atoms with E-state index in [9.17, 15) is 9.59 Å². The molecule has 2 saturated heterocycles. The van der Waals surface area contributed by atoms with Crippen molar-refractivity contribution in [1.82, 2.24) is 15.5 Å². The average Bonchev–Trinajstić information content (AvgIpc) is 3.07. The maximum atomic E-state index is 12.3. The van der Waals surface area contributed by atoms with Crippen molar-refractivity contribution < 1.29 is 9.59 Å². The Balaban J connectivity index is 0.00000264. The summed E-state index contributed by atoms with van der Waals surface area (Å²) in [5.41, 5.74) is 0.836. The van der Waals surface area contributed by atoms with Crippen molar-refractivity contribution in [2.24, 2.45) is 5.92 Å². The number of rotatable bonds is 5. The highest BCUT2D eigenvalue weighted by atomic mass is 35.5. The number of carbonyl (C=O) groups excluding carboxylic acids is 2. The Morgan fingerprint density at radius 3 is 2.74 bits per heavy atom. The number of nitrogens with one attached hydrogen (secondary N) is 2. The molecule has 2 fully saturated rings. The van der Waals surface area contributed by atoms with Gasteiger partial charge in [-0.05, 0) is 51.5 Å². The molecule has 2 heterocycles. The molecule has 0 radical (unpaired) electrons. The van der Waals surface area contributed by atoms with Crippen LogP contribution in [0, 0.1) is 5.92 Å². The number of carbonyl (C=O) groups is 2. The fourth-order valence-corrected chi connectivity index (χ4v) is 3.34. The highest BCUT2D eigenvalue weighted by Gasteiger charge is 2.26. The third-order valence-corrected chi connectivity index (χ3v) is 4.60. The molecule has 2 aliphatic heterocycles. The second kappa shape index (κ2) is 9.93. The van der Waals surface area contributed by atoms with Gasteiger partial charge >= 0.3 is 0 Å². The van der Waals surface area contributed by atoms with Crippen molar-refractivity contribution in [3.8, 4) is 0 Å². The van der Waals surface area contributed by atoms with Crippen molar-refractivity contribution in [2.75, 3.05) is 26.2 Å². The molecule has 2 aliphatic rings. The number of allylic oxidation sites excluding steroid dienone is 1. The van der Waals surface area contributed by atoms with Crippen LogP contribution in [0.25, 0.3) is 0 Å². The van der Waals surface area contributed by atoms with E-state index in [4.69, 9.17) is 0 Å². The zero-order valence-corrected chi connectivity index (χ0v) is 15.1. The molecule has 0 aromatic heterocycles. The minimum atomic E-state index is -0.0175. The molecular formula is C17H30ClN3O2. The Hall–Kier alpha value is -1.07. The number of halogens is 1. The summed E-state index contributed by atoms with van der Waals surface area (Å²) < 4.78 is 0. The minimum absolute atomic E-state index is 0. The van der Waals surface area contributed by atoms with E-state index in [2.05, 4.69) is 10.6 Å². The third kappa shape index (κ3) is 5.81. The summed E-state index contributed by atoms with van der Waals surface area (Å²) in [6.45, 7) is 7.14. The van der Waals surface area contributed by atoms with Gasteiger partial charge in [0.25, 0.3) is 0 Å². The molecule has 5 nitrogen and oxygen atoms in total. The third-order valence-electron chi connectivity index (χ3n) is 4.60. The molecule has 2 rings (SSSR count). The molecule has 2 N–H and O–H groups in total. The van der Waals surface area contributed by atoms with Crippen LogP contribution in [0.15, 0.2) is 11.6 Å². The van der Waals surface area contributed by atoms with Crippen LogP contribution >= 0.6 is 12.4 Å². The van der Waals surface area contributed by atoms with E-state index in [0.717, 1.165) is 57.3 Å². The van der Waals surface area contributed by atoms with Crippen molar-refractivity contribution in [1.29, 1.82) is 0 Å². The van der Waals surface area contributed by atoms with Crippen LogP contribution in [-0.2, 0) is 9.59 Å². The van der Waals surface area contributed by atoms with Gasteiger partial charge in [0.15, 0.2) is 0 Å².